The molecule has 0 spiro atoms. The van der Waals surface area contributed by atoms with Gasteiger partial charge in [-0.1, -0.05) is 11.8 Å². The van der Waals surface area contributed by atoms with Gasteiger partial charge in [-0.3, -0.25) is 0 Å². The van der Waals surface area contributed by atoms with Crippen LogP contribution in [0, 0.1) is 25.2 Å². The molecule has 1 aromatic heterocycles. The second-order valence-electron chi connectivity index (χ2n) is 2.57. The van der Waals surface area contributed by atoms with Crippen molar-refractivity contribution in [1.82, 2.24) is 4.98 Å². The molecule has 0 saturated carbocycles. The largest absolute Gasteiger partial charge is 0.247 e. The Balaban J connectivity index is 2.80. The van der Waals surface area contributed by atoms with E-state index >= 15 is 0 Å². The normalized spacial score (nSPS) is 9.42. The molecule has 0 aliphatic carbocycles. The molecule has 0 aliphatic heterocycles. The molecule has 0 N–H and O–H groups in total. The summed E-state index contributed by atoms with van der Waals surface area (Å²) >= 11 is 1.48. The van der Waals surface area contributed by atoms with E-state index < -0.39 is 0 Å². The van der Waals surface area contributed by atoms with Crippen molar-refractivity contribution >= 4 is 11.8 Å². The Morgan fingerprint density at radius 1 is 1.50 bits per heavy atom. The molecule has 0 saturated heterocycles. The Hall–Kier alpha value is -1.01. The highest BCUT2D eigenvalue weighted by atomic mass is 32.2. The fraction of sp³-hybridized carbons (Fsp3) is 0.333. The van der Waals surface area contributed by atoms with E-state index in [0.717, 1.165) is 10.7 Å². The van der Waals surface area contributed by atoms with Crippen molar-refractivity contribution in [3.8, 4) is 6.07 Å². The maximum atomic E-state index is 8.37. The molecule has 0 amide bonds. The second-order valence-corrected chi connectivity index (χ2v) is 3.57. The lowest BCUT2D eigenvalue weighted by Crippen LogP contribution is -1.86. The number of thioether (sulfide) groups is 1. The molecule has 3 heteroatoms. The minimum atomic E-state index is 0.468. The van der Waals surface area contributed by atoms with Gasteiger partial charge >= 0.3 is 0 Å². The number of pyridine rings is 1. The van der Waals surface area contributed by atoms with E-state index in [-0.39, 0.29) is 0 Å². The van der Waals surface area contributed by atoms with E-state index in [4.69, 9.17) is 5.26 Å². The van der Waals surface area contributed by atoms with Crippen molar-refractivity contribution < 1.29 is 0 Å². The van der Waals surface area contributed by atoms with Crippen molar-refractivity contribution in [3.05, 3.63) is 23.4 Å². The molecule has 1 aromatic rings. The van der Waals surface area contributed by atoms with E-state index in [2.05, 4.69) is 11.1 Å². The molecule has 0 aliphatic rings. The van der Waals surface area contributed by atoms with Crippen molar-refractivity contribution in [2.45, 2.75) is 18.9 Å². The van der Waals surface area contributed by atoms with E-state index in [0.29, 0.717) is 5.75 Å². The number of rotatable bonds is 2. The molecule has 0 atom stereocenters. The number of hydrogen-bond donors (Lipinski definition) is 0. The topological polar surface area (TPSA) is 36.7 Å². The molecule has 0 radical (unpaired) electrons. The SMILES string of the molecule is Cc1cc(C)nc(SCC#N)c1. The quantitative estimate of drug-likeness (QED) is 0.652. The van der Waals surface area contributed by atoms with Gasteiger partial charge in [0.1, 0.15) is 0 Å². The third-order valence-corrected chi connectivity index (χ3v) is 2.14. The van der Waals surface area contributed by atoms with Crippen LogP contribution in [-0.4, -0.2) is 10.7 Å². The van der Waals surface area contributed by atoms with Crippen LogP contribution in [0.25, 0.3) is 0 Å². The minimum absolute atomic E-state index is 0.468. The smallest absolute Gasteiger partial charge is 0.0975 e. The van der Waals surface area contributed by atoms with E-state index in [1.807, 2.05) is 26.0 Å². The van der Waals surface area contributed by atoms with Crippen LogP contribution < -0.4 is 0 Å². The van der Waals surface area contributed by atoms with Gasteiger partial charge in [0.25, 0.3) is 0 Å². The third kappa shape index (κ3) is 2.55. The van der Waals surface area contributed by atoms with Gasteiger partial charge in [0, 0.05) is 5.69 Å². The number of nitriles is 1. The minimum Gasteiger partial charge on any atom is -0.247 e. The molecular formula is C9H10N2S. The molecule has 1 rings (SSSR count). The molecule has 0 bridgehead atoms. The fourth-order valence-electron chi connectivity index (χ4n) is 0.984. The summed E-state index contributed by atoms with van der Waals surface area (Å²) in [5.41, 5.74) is 2.21. The highest BCUT2D eigenvalue weighted by molar-refractivity contribution is 7.99. The van der Waals surface area contributed by atoms with Gasteiger partial charge in [-0.25, -0.2) is 4.98 Å². The summed E-state index contributed by atoms with van der Waals surface area (Å²) in [6.45, 7) is 3.99. The van der Waals surface area contributed by atoms with E-state index in [1.54, 1.807) is 0 Å². The van der Waals surface area contributed by atoms with Crippen LogP contribution in [0.5, 0.6) is 0 Å². The van der Waals surface area contributed by atoms with Crippen LogP contribution in [0.2, 0.25) is 0 Å². The lowest BCUT2D eigenvalue weighted by Gasteiger charge is -2.00. The second kappa shape index (κ2) is 4.13. The predicted molar refractivity (Wildman–Crippen MR) is 50.0 cm³/mol. The lowest BCUT2D eigenvalue weighted by atomic mass is 10.3. The molecule has 0 aromatic carbocycles. The first-order valence-corrected chi connectivity index (χ1v) is 4.66. The average Bonchev–Trinajstić information content (AvgIpc) is 1.99. The first-order chi connectivity index (χ1) is 5.72. The number of hydrogen-bond acceptors (Lipinski definition) is 3. The summed E-state index contributed by atoms with van der Waals surface area (Å²) in [7, 11) is 0. The van der Waals surface area contributed by atoms with Gasteiger partial charge < -0.3 is 0 Å². The molecular weight excluding hydrogens is 168 g/mol. The lowest BCUT2D eigenvalue weighted by molar-refractivity contribution is 1.05. The first-order valence-electron chi connectivity index (χ1n) is 3.67. The zero-order valence-electron chi connectivity index (χ0n) is 7.16. The van der Waals surface area contributed by atoms with Crippen molar-refractivity contribution in [3.63, 3.8) is 0 Å². The van der Waals surface area contributed by atoms with Crippen molar-refractivity contribution in [1.29, 1.82) is 5.26 Å². The molecule has 12 heavy (non-hydrogen) atoms. The van der Waals surface area contributed by atoms with Crippen LogP contribution >= 0.6 is 11.8 Å². The number of aryl methyl sites for hydroxylation is 2. The van der Waals surface area contributed by atoms with Crippen LogP contribution in [0.1, 0.15) is 11.3 Å². The Morgan fingerprint density at radius 2 is 2.25 bits per heavy atom. The van der Waals surface area contributed by atoms with Gasteiger partial charge in [0.2, 0.25) is 0 Å². The number of aromatic nitrogens is 1. The monoisotopic (exact) mass is 178 g/mol. The summed E-state index contributed by atoms with van der Waals surface area (Å²) < 4.78 is 0. The first kappa shape index (κ1) is 9.08. The molecule has 0 fully saturated rings. The molecule has 0 unspecified atom stereocenters. The Labute approximate surface area is 76.6 Å². The predicted octanol–water partition coefficient (Wildman–Crippen LogP) is 2.31. The summed E-state index contributed by atoms with van der Waals surface area (Å²) in [5.74, 6) is 0.468. The zero-order chi connectivity index (χ0) is 8.97. The highest BCUT2D eigenvalue weighted by Gasteiger charge is 1.96. The molecule has 2 nitrogen and oxygen atoms in total. The van der Waals surface area contributed by atoms with Crippen LogP contribution in [0.4, 0.5) is 0 Å². The molecule has 62 valence electrons. The molecule has 1 heterocycles. The van der Waals surface area contributed by atoms with Gasteiger partial charge in [-0.2, -0.15) is 5.26 Å². The van der Waals surface area contributed by atoms with Gasteiger partial charge in [-0.05, 0) is 31.5 Å². The summed E-state index contributed by atoms with van der Waals surface area (Å²) in [5, 5.41) is 9.31. The third-order valence-electron chi connectivity index (χ3n) is 1.36. The van der Waals surface area contributed by atoms with Crippen molar-refractivity contribution in [2.75, 3.05) is 5.75 Å². The Bertz CT molecular complexity index is 295. The zero-order valence-corrected chi connectivity index (χ0v) is 7.98. The van der Waals surface area contributed by atoms with Gasteiger partial charge in [0.15, 0.2) is 0 Å². The maximum Gasteiger partial charge on any atom is 0.0975 e. The Kier molecular flexibility index (Phi) is 3.12. The maximum absolute atomic E-state index is 8.37. The van der Waals surface area contributed by atoms with Crippen LogP contribution in [0.15, 0.2) is 17.2 Å². The fourth-order valence-corrected chi connectivity index (χ4v) is 1.67. The summed E-state index contributed by atoms with van der Waals surface area (Å²) in [6, 6.07) is 6.10. The Morgan fingerprint density at radius 3 is 2.83 bits per heavy atom. The highest BCUT2D eigenvalue weighted by Crippen LogP contribution is 2.16. The van der Waals surface area contributed by atoms with Crippen molar-refractivity contribution in [2.24, 2.45) is 0 Å². The van der Waals surface area contributed by atoms with E-state index in [1.165, 1.54) is 17.3 Å². The average molecular weight is 178 g/mol. The van der Waals surface area contributed by atoms with Gasteiger partial charge in [-0.15, -0.1) is 0 Å². The number of nitrogens with zero attached hydrogens (tertiary/aromatic N) is 2. The van der Waals surface area contributed by atoms with Crippen LogP contribution in [0.3, 0.4) is 0 Å². The standard InChI is InChI=1S/C9H10N2S/c1-7-5-8(2)11-9(6-7)12-4-3-10/h5-6H,4H2,1-2H3. The summed E-state index contributed by atoms with van der Waals surface area (Å²) in [6.07, 6.45) is 0. The van der Waals surface area contributed by atoms with E-state index in [9.17, 15) is 0 Å². The van der Waals surface area contributed by atoms with Crippen LogP contribution in [-0.2, 0) is 0 Å². The van der Waals surface area contributed by atoms with Gasteiger partial charge in [0.05, 0.1) is 16.8 Å². The summed E-state index contributed by atoms with van der Waals surface area (Å²) in [4.78, 5) is 4.28.